The molecular weight excluding hydrogens is 352 g/mol. The van der Waals surface area contributed by atoms with Gasteiger partial charge in [0.05, 0.1) is 12.1 Å². The average Bonchev–Trinajstić information content (AvgIpc) is 2.65. The molecule has 0 aliphatic heterocycles. The van der Waals surface area contributed by atoms with Crippen molar-refractivity contribution in [2.24, 2.45) is 5.73 Å². The lowest BCUT2D eigenvalue weighted by Gasteiger charge is -2.08. The van der Waals surface area contributed by atoms with E-state index in [-0.39, 0.29) is 5.57 Å². The summed E-state index contributed by atoms with van der Waals surface area (Å²) in [6.07, 6.45) is 1.38. The molecule has 1 amide bonds. The molecule has 26 heavy (non-hydrogen) atoms. The van der Waals surface area contributed by atoms with Crippen LogP contribution in [0, 0.1) is 11.3 Å². The fourth-order valence-corrected chi connectivity index (χ4v) is 2.49. The molecule has 0 atom stereocenters. The van der Waals surface area contributed by atoms with Gasteiger partial charge in [0.25, 0.3) is 5.91 Å². The lowest BCUT2D eigenvalue weighted by atomic mass is 10.1. The first-order valence-corrected chi connectivity index (χ1v) is 8.21. The van der Waals surface area contributed by atoms with E-state index in [0.29, 0.717) is 29.5 Å². The van der Waals surface area contributed by atoms with Crippen LogP contribution in [-0.4, -0.2) is 13.0 Å². The Hall–Kier alpha value is -3.01. The van der Waals surface area contributed by atoms with Gasteiger partial charge in [-0.1, -0.05) is 35.9 Å². The number of carbonyl (C=O) groups excluding carboxylic acids is 1. The number of halogens is 1. The normalized spacial score (nSPS) is 10.8. The van der Waals surface area contributed by atoms with Gasteiger partial charge in [-0.15, -0.1) is 0 Å². The van der Waals surface area contributed by atoms with Crippen LogP contribution in [0.2, 0.25) is 5.02 Å². The number of hydrogen-bond donors (Lipinski definition) is 3. The number of hydrogen-bond acceptors (Lipinski definition) is 5. The highest BCUT2D eigenvalue weighted by molar-refractivity contribution is 6.32. The second-order valence-electron chi connectivity index (χ2n) is 5.38. The quantitative estimate of drug-likeness (QED) is 0.514. The first-order valence-electron chi connectivity index (χ1n) is 7.83. The van der Waals surface area contributed by atoms with E-state index in [2.05, 4.69) is 10.6 Å². The molecule has 0 heterocycles. The highest BCUT2D eigenvalue weighted by Gasteiger charge is 2.10. The summed E-state index contributed by atoms with van der Waals surface area (Å²) in [6, 6.07) is 14.5. The van der Waals surface area contributed by atoms with Crippen molar-refractivity contribution in [1.82, 2.24) is 5.32 Å². The SMILES string of the molecule is COc1ccc(NC(=O)/C(C#N)=C\NCc2cccc(CN)c2)cc1Cl. The third-order valence-electron chi connectivity index (χ3n) is 3.55. The topological polar surface area (TPSA) is 100 Å². The van der Waals surface area contributed by atoms with Gasteiger partial charge in [-0.05, 0) is 29.3 Å². The molecule has 7 heteroatoms. The molecule has 4 N–H and O–H groups in total. The highest BCUT2D eigenvalue weighted by Crippen LogP contribution is 2.27. The van der Waals surface area contributed by atoms with Gasteiger partial charge in [0.2, 0.25) is 0 Å². The number of nitriles is 1. The van der Waals surface area contributed by atoms with E-state index in [0.717, 1.165) is 11.1 Å². The van der Waals surface area contributed by atoms with Crippen molar-refractivity contribution in [1.29, 1.82) is 5.26 Å². The van der Waals surface area contributed by atoms with Crippen LogP contribution in [0.3, 0.4) is 0 Å². The lowest BCUT2D eigenvalue weighted by molar-refractivity contribution is -0.112. The summed E-state index contributed by atoms with van der Waals surface area (Å²) in [4.78, 5) is 12.2. The van der Waals surface area contributed by atoms with Crippen LogP contribution in [0.5, 0.6) is 5.75 Å². The van der Waals surface area contributed by atoms with Crippen molar-refractivity contribution >= 4 is 23.2 Å². The highest BCUT2D eigenvalue weighted by atomic mass is 35.5. The van der Waals surface area contributed by atoms with Gasteiger partial charge in [-0.3, -0.25) is 4.79 Å². The second-order valence-corrected chi connectivity index (χ2v) is 5.79. The maximum absolute atomic E-state index is 12.2. The zero-order chi connectivity index (χ0) is 18.9. The first kappa shape index (κ1) is 19.3. The maximum atomic E-state index is 12.2. The minimum atomic E-state index is -0.531. The Kier molecular flexibility index (Phi) is 7.03. The fraction of sp³-hybridized carbons (Fsp3) is 0.158. The van der Waals surface area contributed by atoms with Gasteiger partial charge in [0.15, 0.2) is 0 Å². The molecule has 0 spiro atoms. The summed E-state index contributed by atoms with van der Waals surface area (Å²) in [5.74, 6) is -0.0287. The number of ether oxygens (including phenoxy) is 1. The van der Waals surface area contributed by atoms with Gasteiger partial charge in [0, 0.05) is 25.0 Å². The Morgan fingerprint density at radius 1 is 1.31 bits per heavy atom. The van der Waals surface area contributed by atoms with Crippen molar-refractivity contribution in [2.75, 3.05) is 12.4 Å². The van der Waals surface area contributed by atoms with Crippen molar-refractivity contribution in [3.8, 4) is 11.8 Å². The molecule has 2 aromatic rings. The van der Waals surface area contributed by atoms with E-state index in [9.17, 15) is 10.1 Å². The van der Waals surface area contributed by atoms with E-state index in [1.165, 1.54) is 13.3 Å². The monoisotopic (exact) mass is 370 g/mol. The van der Waals surface area contributed by atoms with Gasteiger partial charge in [0.1, 0.15) is 17.4 Å². The largest absolute Gasteiger partial charge is 0.495 e. The van der Waals surface area contributed by atoms with Crippen molar-refractivity contribution in [3.05, 3.63) is 70.4 Å². The minimum absolute atomic E-state index is 0.0491. The number of carbonyl (C=O) groups is 1. The van der Waals surface area contributed by atoms with Crippen LogP contribution in [0.4, 0.5) is 5.69 Å². The van der Waals surface area contributed by atoms with Gasteiger partial charge >= 0.3 is 0 Å². The standard InChI is InChI=1S/C19H19ClN4O2/c1-26-18-6-5-16(8-17(18)20)24-19(25)15(10-22)12-23-11-14-4-2-3-13(7-14)9-21/h2-8,12,23H,9,11,21H2,1H3,(H,24,25)/b15-12-. The summed E-state index contributed by atoms with van der Waals surface area (Å²) in [6.45, 7) is 0.931. The van der Waals surface area contributed by atoms with Gasteiger partial charge < -0.3 is 21.1 Å². The number of nitrogens with two attached hydrogens (primary N) is 1. The molecule has 0 radical (unpaired) electrons. The Morgan fingerprint density at radius 2 is 2.08 bits per heavy atom. The number of anilines is 1. The van der Waals surface area contributed by atoms with E-state index in [1.54, 1.807) is 18.2 Å². The Bertz CT molecular complexity index is 859. The molecule has 0 saturated carbocycles. The maximum Gasteiger partial charge on any atom is 0.267 e. The van der Waals surface area contributed by atoms with Gasteiger partial charge in [-0.2, -0.15) is 5.26 Å². The Labute approximate surface area is 157 Å². The minimum Gasteiger partial charge on any atom is -0.495 e. The number of methoxy groups -OCH3 is 1. The van der Waals surface area contributed by atoms with Crippen LogP contribution in [0.1, 0.15) is 11.1 Å². The number of benzene rings is 2. The molecular formula is C19H19ClN4O2. The molecule has 0 fully saturated rings. The predicted octanol–water partition coefficient (Wildman–Crippen LogP) is 2.94. The van der Waals surface area contributed by atoms with Crippen LogP contribution in [0.25, 0.3) is 0 Å². The summed E-state index contributed by atoms with van der Waals surface area (Å²) in [5, 5.41) is 15.2. The zero-order valence-electron chi connectivity index (χ0n) is 14.3. The molecule has 2 aromatic carbocycles. The summed E-state index contributed by atoms with van der Waals surface area (Å²) in [5.41, 5.74) is 8.05. The molecule has 6 nitrogen and oxygen atoms in total. The number of amides is 1. The Balaban J connectivity index is 2.00. The molecule has 134 valence electrons. The second kappa shape index (κ2) is 9.47. The summed E-state index contributed by atoms with van der Waals surface area (Å²) < 4.78 is 5.06. The third kappa shape index (κ3) is 5.24. The zero-order valence-corrected chi connectivity index (χ0v) is 15.0. The number of nitrogens with zero attached hydrogens (tertiary/aromatic N) is 1. The van der Waals surface area contributed by atoms with Gasteiger partial charge in [-0.25, -0.2) is 0 Å². The average molecular weight is 371 g/mol. The first-order chi connectivity index (χ1) is 12.6. The molecule has 0 aliphatic carbocycles. The molecule has 0 aromatic heterocycles. The predicted molar refractivity (Wildman–Crippen MR) is 102 cm³/mol. The van der Waals surface area contributed by atoms with Crippen molar-refractivity contribution in [2.45, 2.75) is 13.1 Å². The number of nitrogens with one attached hydrogen (secondary N) is 2. The van der Waals surface area contributed by atoms with E-state index < -0.39 is 5.91 Å². The van der Waals surface area contributed by atoms with Crippen LogP contribution >= 0.6 is 11.6 Å². The van der Waals surface area contributed by atoms with Crippen LogP contribution < -0.4 is 21.1 Å². The van der Waals surface area contributed by atoms with E-state index in [1.807, 2.05) is 30.3 Å². The van der Waals surface area contributed by atoms with Crippen LogP contribution in [-0.2, 0) is 17.9 Å². The fourth-order valence-electron chi connectivity index (χ4n) is 2.23. The summed E-state index contributed by atoms with van der Waals surface area (Å²) in [7, 11) is 1.50. The number of rotatable bonds is 7. The van der Waals surface area contributed by atoms with E-state index >= 15 is 0 Å². The Morgan fingerprint density at radius 3 is 2.73 bits per heavy atom. The van der Waals surface area contributed by atoms with E-state index in [4.69, 9.17) is 22.1 Å². The lowest BCUT2D eigenvalue weighted by Crippen LogP contribution is -2.16. The molecule has 0 saturated heterocycles. The molecule has 0 bridgehead atoms. The van der Waals surface area contributed by atoms with Crippen molar-refractivity contribution < 1.29 is 9.53 Å². The van der Waals surface area contributed by atoms with Crippen LogP contribution in [0.15, 0.2) is 54.2 Å². The smallest absolute Gasteiger partial charge is 0.267 e. The third-order valence-corrected chi connectivity index (χ3v) is 3.85. The molecule has 2 rings (SSSR count). The van der Waals surface area contributed by atoms with Crippen molar-refractivity contribution in [3.63, 3.8) is 0 Å². The molecule has 0 unspecified atom stereocenters. The summed E-state index contributed by atoms with van der Waals surface area (Å²) >= 11 is 6.03. The molecule has 0 aliphatic rings.